The summed E-state index contributed by atoms with van der Waals surface area (Å²) in [6.07, 6.45) is 4.64. The normalized spacial score (nSPS) is 18.8. The molecule has 1 saturated carbocycles. The van der Waals surface area contributed by atoms with Gasteiger partial charge in [0.05, 0.1) is 31.0 Å². The van der Waals surface area contributed by atoms with Crippen LogP contribution in [0.5, 0.6) is 0 Å². The number of amides is 2. The van der Waals surface area contributed by atoms with Gasteiger partial charge >= 0.3 is 0 Å². The first-order chi connectivity index (χ1) is 14.7. The van der Waals surface area contributed by atoms with E-state index in [1.54, 1.807) is 11.1 Å². The number of nitrogens with one attached hydrogen (secondary N) is 2. The van der Waals surface area contributed by atoms with Crippen molar-refractivity contribution < 1.29 is 14.3 Å². The van der Waals surface area contributed by atoms with Crippen molar-refractivity contribution >= 4 is 17.6 Å². The lowest BCUT2D eigenvalue weighted by molar-refractivity contribution is 0.0732. The molecule has 30 heavy (non-hydrogen) atoms. The first-order valence-corrected chi connectivity index (χ1v) is 10.6. The molecule has 9 heteroatoms. The molecule has 0 spiro atoms. The molecule has 0 unspecified atom stereocenters. The van der Waals surface area contributed by atoms with Gasteiger partial charge < -0.3 is 19.9 Å². The third-order valence-corrected chi connectivity index (χ3v) is 6.01. The van der Waals surface area contributed by atoms with Gasteiger partial charge in [0.2, 0.25) is 0 Å². The van der Waals surface area contributed by atoms with Crippen LogP contribution in [0.4, 0.5) is 5.82 Å². The number of hydrogen-bond acceptors (Lipinski definition) is 6. The number of anilines is 1. The van der Waals surface area contributed by atoms with E-state index in [4.69, 9.17) is 4.74 Å². The zero-order chi connectivity index (χ0) is 20.5. The Labute approximate surface area is 174 Å². The Hall–Kier alpha value is -2.94. The maximum Gasteiger partial charge on any atom is 0.272 e. The number of carbonyl (C=O) groups is 2. The van der Waals surface area contributed by atoms with Crippen molar-refractivity contribution in [3.8, 4) is 0 Å². The Morgan fingerprint density at radius 1 is 1.20 bits per heavy atom. The predicted molar refractivity (Wildman–Crippen MR) is 109 cm³/mol. The van der Waals surface area contributed by atoms with Gasteiger partial charge in [-0.05, 0) is 37.3 Å². The van der Waals surface area contributed by atoms with Gasteiger partial charge in [-0.25, -0.2) is 4.98 Å². The lowest BCUT2D eigenvalue weighted by atomic mass is 10.0. The number of H-pyrrole nitrogens is 1. The van der Waals surface area contributed by atoms with Crippen LogP contribution in [-0.4, -0.2) is 71.3 Å². The third kappa shape index (κ3) is 3.89. The number of pyridine rings is 1. The van der Waals surface area contributed by atoms with Gasteiger partial charge in [-0.2, -0.15) is 5.10 Å². The summed E-state index contributed by atoms with van der Waals surface area (Å²) in [4.78, 5) is 33.8. The van der Waals surface area contributed by atoms with E-state index in [0.29, 0.717) is 49.9 Å². The summed E-state index contributed by atoms with van der Waals surface area (Å²) >= 11 is 0. The van der Waals surface area contributed by atoms with E-state index in [2.05, 4.69) is 25.4 Å². The Balaban J connectivity index is 1.23. The van der Waals surface area contributed by atoms with Crippen LogP contribution >= 0.6 is 0 Å². The molecule has 2 fully saturated rings. The molecule has 2 N–H and O–H groups in total. The second-order valence-corrected chi connectivity index (χ2v) is 8.16. The van der Waals surface area contributed by atoms with E-state index in [0.717, 1.165) is 36.7 Å². The minimum atomic E-state index is -0.123. The Morgan fingerprint density at radius 3 is 2.77 bits per heavy atom. The van der Waals surface area contributed by atoms with Gasteiger partial charge in [-0.3, -0.25) is 14.7 Å². The summed E-state index contributed by atoms with van der Waals surface area (Å²) in [7, 11) is 0. The first kappa shape index (κ1) is 19.0. The first-order valence-electron chi connectivity index (χ1n) is 10.6. The molecule has 2 aromatic heterocycles. The van der Waals surface area contributed by atoms with Crippen LogP contribution in [0.15, 0.2) is 18.3 Å². The van der Waals surface area contributed by atoms with Crippen molar-refractivity contribution in [3.63, 3.8) is 0 Å². The van der Waals surface area contributed by atoms with Crippen molar-refractivity contribution in [2.75, 3.05) is 44.3 Å². The highest BCUT2D eigenvalue weighted by Crippen LogP contribution is 2.28. The Bertz CT molecular complexity index is 931. The van der Waals surface area contributed by atoms with Gasteiger partial charge in [-0.15, -0.1) is 0 Å². The summed E-state index contributed by atoms with van der Waals surface area (Å²) in [5.41, 5.74) is 2.80. The summed E-state index contributed by atoms with van der Waals surface area (Å²) < 4.78 is 5.37. The molecule has 1 aliphatic carbocycles. The highest BCUT2D eigenvalue weighted by atomic mass is 16.5. The Morgan fingerprint density at radius 2 is 2.03 bits per heavy atom. The highest BCUT2D eigenvalue weighted by molar-refractivity contribution is 5.95. The number of aromatic nitrogens is 3. The summed E-state index contributed by atoms with van der Waals surface area (Å²) in [6.45, 7) is 4.71. The molecule has 2 aromatic rings. The molecule has 5 rings (SSSR count). The molecule has 1 saturated heterocycles. The fourth-order valence-electron chi connectivity index (χ4n) is 4.00. The van der Waals surface area contributed by atoms with E-state index in [9.17, 15) is 9.59 Å². The number of aromatic amines is 1. The van der Waals surface area contributed by atoms with Crippen LogP contribution in [-0.2, 0) is 17.7 Å². The molecule has 0 atom stereocenters. The van der Waals surface area contributed by atoms with Crippen molar-refractivity contribution in [1.82, 2.24) is 25.4 Å². The van der Waals surface area contributed by atoms with Crippen molar-refractivity contribution in [2.24, 2.45) is 5.92 Å². The lowest BCUT2D eigenvalue weighted by Gasteiger charge is -2.28. The van der Waals surface area contributed by atoms with Crippen LogP contribution in [0.3, 0.4) is 0 Å². The van der Waals surface area contributed by atoms with E-state index in [1.165, 1.54) is 12.8 Å². The maximum atomic E-state index is 13.0. The van der Waals surface area contributed by atoms with Gasteiger partial charge in [0, 0.05) is 37.9 Å². The van der Waals surface area contributed by atoms with Crippen molar-refractivity contribution in [3.05, 3.63) is 40.8 Å². The summed E-state index contributed by atoms with van der Waals surface area (Å²) in [5.74, 6) is 1.31. The smallest absolute Gasteiger partial charge is 0.272 e. The number of ether oxygens (including phenoxy) is 1. The topological polar surface area (TPSA) is 103 Å². The van der Waals surface area contributed by atoms with Gasteiger partial charge in [-0.1, -0.05) is 0 Å². The van der Waals surface area contributed by atoms with Crippen LogP contribution in [0.25, 0.3) is 0 Å². The van der Waals surface area contributed by atoms with Gasteiger partial charge in [0.1, 0.15) is 5.82 Å². The molecule has 158 valence electrons. The molecule has 0 aromatic carbocycles. The van der Waals surface area contributed by atoms with Crippen LogP contribution in [0.2, 0.25) is 0 Å². The predicted octanol–water partition coefficient (Wildman–Crippen LogP) is 0.980. The second kappa shape index (κ2) is 8.06. The minimum Gasteiger partial charge on any atom is -0.378 e. The molecule has 2 amide bonds. The van der Waals surface area contributed by atoms with E-state index >= 15 is 0 Å². The van der Waals surface area contributed by atoms with Gasteiger partial charge in [0.25, 0.3) is 11.8 Å². The third-order valence-electron chi connectivity index (χ3n) is 6.01. The fourth-order valence-corrected chi connectivity index (χ4v) is 4.00. The zero-order valence-electron chi connectivity index (χ0n) is 16.9. The van der Waals surface area contributed by atoms with Gasteiger partial charge in [0.15, 0.2) is 5.69 Å². The largest absolute Gasteiger partial charge is 0.378 e. The highest BCUT2D eigenvalue weighted by Gasteiger charge is 2.29. The van der Waals surface area contributed by atoms with Crippen molar-refractivity contribution in [2.45, 2.75) is 25.8 Å². The average Bonchev–Trinajstić information content (AvgIpc) is 3.54. The second-order valence-electron chi connectivity index (χ2n) is 8.16. The molecule has 9 nitrogen and oxygen atoms in total. The van der Waals surface area contributed by atoms with Crippen LogP contribution < -0.4 is 10.2 Å². The SMILES string of the molecule is O=C(NCC1CC1)c1n[nH]c2c1CCN(C(=O)c1ccc(N3CCOCC3)nc1)C2. The molecular weight excluding hydrogens is 384 g/mol. The molecular formula is C21H26N6O3. The number of rotatable bonds is 5. The van der Waals surface area contributed by atoms with E-state index in [1.807, 2.05) is 12.1 Å². The number of carbonyl (C=O) groups excluding carboxylic acids is 2. The average molecular weight is 410 g/mol. The number of morpholine rings is 1. The maximum absolute atomic E-state index is 13.0. The standard InChI is InChI=1S/C21H26N6O3/c28-20(23-11-14-1-2-14)19-16-5-6-27(13-17(16)24-25-19)21(29)15-3-4-18(22-12-15)26-7-9-30-10-8-26/h3-4,12,14H,1-2,5-11,13H2,(H,23,28)(H,24,25). The monoisotopic (exact) mass is 410 g/mol. The number of hydrogen-bond donors (Lipinski definition) is 2. The number of nitrogens with zero attached hydrogens (tertiary/aromatic N) is 4. The summed E-state index contributed by atoms with van der Waals surface area (Å²) in [6, 6.07) is 3.73. The minimum absolute atomic E-state index is 0.0592. The molecule has 0 bridgehead atoms. The molecule has 2 aliphatic heterocycles. The zero-order valence-corrected chi connectivity index (χ0v) is 16.9. The molecule has 3 aliphatic rings. The van der Waals surface area contributed by atoms with Crippen LogP contribution in [0, 0.1) is 5.92 Å². The van der Waals surface area contributed by atoms with E-state index in [-0.39, 0.29) is 11.8 Å². The van der Waals surface area contributed by atoms with Crippen LogP contribution in [0.1, 0.15) is 44.9 Å². The fraction of sp³-hybridized carbons (Fsp3) is 0.524. The number of fused-ring (bicyclic) bond motifs is 1. The molecule has 0 radical (unpaired) electrons. The Kier molecular flexibility index (Phi) is 5.12. The van der Waals surface area contributed by atoms with Crippen molar-refractivity contribution in [1.29, 1.82) is 0 Å². The lowest BCUT2D eigenvalue weighted by Crippen LogP contribution is -2.37. The summed E-state index contributed by atoms with van der Waals surface area (Å²) in [5, 5.41) is 10.2. The van der Waals surface area contributed by atoms with E-state index < -0.39 is 0 Å². The quantitative estimate of drug-likeness (QED) is 0.762. The molecule has 4 heterocycles.